The molecule has 1 saturated carbocycles. The van der Waals surface area contributed by atoms with Crippen molar-refractivity contribution in [1.82, 2.24) is 10.3 Å². The molecule has 1 heterocycles. The number of carbonyl (C=O) groups is 1. The van der Waals surface area contributed by atoms with Crippen LogP contribution in [0.4, 0.5) is 13.2 Å². The van der Waals surface area contributed by atoms with Crippen LogP contribution in [0.2, 0.25) is 0 Å². The number of rotatable bonds is 7. The van der Waals surface area contributed by atoms with Crippen molar-refractivity contribution in [3.63, 3.8) is 0 Å². The van der Waals surface area contributed by atoms with Crippen LogP contribution in [0.1, 0.15) is 31.2 Å². The quantitative estimate of drug-likeness (QED) is 0.554. The number of aryl methyl sites for hydroxylation is 1. The third kappa shape index (κ3) is 4.00. The van der Waals surface area contributed by atoms with E-state index in [9.17, 15) is 18.0 Å². The Bertz CT molecular complexity index is 1060. The van der Waals surface area contributed by atoms with Crippen LogP contribution in [0.5, 0.6) is 0 Å². The average molecular weight is 402 g/mol. The second-order valence-electron chi connectivity index (χ2n) is 7.60. The number of H-pyrrole nitrogens is 1. The van der Waals surface area contributed by atoms with Gasteiger partial charge in [-0.1, -0.05) is 0 Å². The average Bonchev–Trinajstić information content (AvgIpc) is 3.32. The molecule has 0 aliphatic heterocycles. The van der Waals surface area contributed by atoms with Gasteiger partial charge in [0, 0.05) is 35.7 Å². The number of halogens is 3. The maximum absolute atomic E-state index is 14.3. The van der Waals surface area contributed by atoms with E-state index in [1.807, 2.05) is 0 Å². The Balaban J connectivity index is 1.65. The van der Waals surface area contributed by atoms with Gasteiger partial charge in [-0.05, 0) is 67.1 Å². The Morgan fingerprint density at radius 1 is 1.10 bits per heavy atom. The number of carbonyl (C=O) groups excluding carboxylic acids is 1. The lowest BCUT2D eigenvalue weighted by atomic mass is 10.0. The van der Waals surface area contributed by atoms with E-state index in [1.54, 1.807) is 12.1 Å². The summed E-state index contributed by atoms with van der Waals surface area (Å²) in [4.78, 5) is 15.4. The Labute approximate surface area is 165 Å². The molecular formula is C22H21F3N2O2. The lowest BCUT2D eigenvalue weighted by Crippen LogP contribution is -2.37. The topological polar surface area (TPSA) is 65.1 Å². The fourth-order valence-electron chi connectivity index (χ4n) is 3.80. The third-order valence-electron chi connectivity index (χ3n) is 5.52. The molecule has 0 bridgehead atoms. The highest BCUT2D eigenvalue weighted by molar-refractivity contribution is 5.92. The Morgan fingerprint density at radius 3 is 2.48 bits per heavy atom. The van der Waals surface area contributed by atoms with E-state index in [-0.39, 0.29) is 36.4 Å². The van der Waals surface area contributed by atoms with Gasteiger partial charge in [0.2, 0.25) is 5.91 Å². The molecule has 1 aliphatic rings. The van der Waals surface area contributed by atoms with Crippen LogP contribution in [0.3, 0.4) is 0 Å². The van der Waals surface area contributed by atoms with Gasteiger partial charge >= 0.3 is 0 Å². The minimum Gasteiger partial charge on any atom is -0.396 e. The summed E-state index contributed by atoms with van der Waals surface area (Å²) < 4.78 is 41.5. The minimum absolute atomic E-state index is 0.00992. The minimum atomic E-state index is -0.723. The monoisotopic (exact) mass is 402 g/mol. The first kappa shape index (κ1) is 19.5. The Kier molecular flexibility index (Phi) is 5.08. The summed E-state index contributed by atoms with van der Waals surface area (Å²) in [6.45, 7) is 0.00992. The fraction of sp³-hybridized carbons (Fsp3) is 0.318. The largest absolute Gasteiger partial charge is 0.396 e. The molecule has 4 nitrogen and oxygen atoms in total. The Morgan fingerprint density at radius 2 is 1.83 bits per heavy atom. The number of hydrogen-bond acceptors (Lipinski definition) is 2. The molecule has 29 heavy (non-hydrogen) atoms. The highest BCUT2D eigenvalue weighted by Gasteiger charge is 2.43. The molecule has 2 aromatic carbocycles. The predicted octanol–water partition coefficient (Wildman–Crippen LogP) is 4.22. The van der Waals surface area contributed by atoms with Gasteiger partial charge in [0.05, 0.1) is 5.52 Å². The predicted molar refractivity (Wildman–Crippen MR) is 104 cm³/mol. The second kappa shape index (κ2) is 7.55. The number of nitrogens with one attached hydrogen (secondary N) is 2. The van der Waals surface area contributed by atoms with Crippen molar-refractivity contribution in [2.24, 2.45) is 0 Å². The molecule has 0 saturated heterocycles. The molecule has 1 aromatic heterocycles. The maximum atomic E-state index is 14.3. The summed E-state index contributed by atoms with van der Waals surface area (Å²) >= 11 is 0. The van der Waals surface area contributed by atoms with E-state index in [0.717, 1.165) is 18.9 Å². The van der Waals surface area contributed by atoms with Gasteiger partial charge in [0.1, 0.15) is 17.5 Å². The molecule has 4 rings (SSSR count). The molecule has 0 radical (unpaired) electrons. The first-order chi connectivity index (χ1) is 13.9. The van der Waals surface area contributed by atoms with E-state index in [0.29, 0.717) is 28.6 Å². The van der Waals surface area contributed by atoms with Crippen molar-refractivity contribution < 1.29 is 23.1 Å². The normalized spacial score (nSPS) is 14.9. The van der Waals surface area contributed by atoms with Crippen LogP contribution in [0.25, 0.3) is 22.2 Å². The van der Waals surface area contributed by atoms with Crippen LogP contribution in [0.15, 0.2) is 36.4 Å². The van der Waals surface area contributed by atoms with Crippen LogP contribution in [-0.4, -0.2) is 28.1 Å². The lowest BCUT2D eigenvalue weighted by molar-refractivity contribution is -0.122. The van der Waals surface area contributed by atoms with Gasteiger partial charge in [0.25, 0.3) is 0 Å². The van der Waals surface area contributed by atoms with Gasteiger partial charge in [0.15, 0.2) is 0 Å². The SMILES string of the molecule is O=C(CCc1c(-c2ccc(F)cc2)[nH]c2c(F)cc(F)cc12)NC1(CCO)CC1. The molecule has 152 valence electrons. The van der Waals surface area contributed by atoms with Crippen molar-refractivity contribution in [3.05, 3.63) is 59.4 Å². The molecule has 1 fully saturated rings. The molecule has 3 aromatic rings. The molecule has 0 unspecified atom stereocenters. The van der Waals surface area contributed by atoms with Gasteiger partial charge in [-0.15, -0.1) is 0 Å². The second-order valence-corrected chi connectivity index (χ2v) is 7.60. The van der Waals surface area contributed by atoms with E-state index in [4.69, 9.17) is 5.11 Å². The standard InChI is InChI=1S/C22H21F3N2O2/c23-14-3-1-13(2-4-14)20-16(17-11-15(24)12-18(25)21(17)26-20)5-6-19(29)27-22(7-8-22)9-10-28/h1-4,11-12,26,28H,5-10H2,(H,27,29). The first-order valence-electron chi connectivity index (χ1n) is 9.58. The third-order valence-corrected chi connectivity index (χ3v) is 5.52. The number of aromatic nitrogens is 1. The van der Waals surface area contributed by atoms with Crippen LogP contribution >= 0.6 is 0 Å². The molecule has 3 N–H and O–H groups in total. The van der Waals surface area contributed by atoms with E-state index in [1.165, 1.54) is 18.2 Å². The zero-order valence-corrected chi connectivity index (χ0v) is 15.7. The van der Waals surface area contributed by atoms with Crippen LogP contribution in [0, 0.1) is 17.5 Å². The smallest absolute Gasteiger partial charge is 0.220 e. The number of aromatic amines is 1. The van der Waals surface area contributed by atoms with Crippen molar-refractivity contribution in [3.8, 4) is 11.3 Å². The number of hydrogen-bond donors (Lipinski definition) is 3. The van der Waals surface area contributed by atoms with E-state index < -0.39 is 17.5 Å². The molecule has 7 heteroatoms. The molecule has 0 atom stereocenters. The van der Waals surface area contributed by atoms with E-state index >= 15 is 0 Å². The van der Waals surface area contributed by atoms with Crippen molar-refractivity contribution >= 4 is 16.8 Å². The number of aliphatic hydroxyl groups excluding tert-OH is 1. The van der Waals surface area contributed by atoms with Gasteiger partial charge in [-0.25, -0.2) is 13.2 Å². The zero-order valence-electron chi connectivity index (χ0n) is 15.7. The number of aliphatic hydroxyl groups is 1. The number of amides is 1. The van der Waals surface area contributed by atoms with Crippen molar-refractivity contribution in [2.75, 3.05) is 6.61 Å². The van der Waals surface area contributed by atoms with Crippen molar-refractivity contribution in [2.45, 2.75) is 37.6 Å². The van der Waals surface area contributed by atoms with Crippen LogP contribution in [-0.2, 0) is 11.2 Å². The summed E-state index contributed by atoms with van der Waals surface area (Å²) in [6, 6.07) is 7.73. The lowest BCUT2D eigenvalue weighted by Gasteiger charge is -2.16. The van der Waals surface area contributed by atoms with Gasteiger partial charge in [-0.3, -0.25) is 4.79 Å². The molecule has 1 amide bonds. The highest BCUT2D eigenvalue weighted by Crippen LogP contribution is 2.39. The van der Waals surface area contributed by atoms with Crippen LogP contribution < -0.4 is 5.32 Å². The summed E-state index contributed by atoms with van der Waals surface area (Å²) in [6.07, 6.45) is 2.58. The molecule has 0 spiro atoms. The zero-order chi connectivity index (χ0) is 20.6. The summed E-state index contributed by atoms with van der Waals surface area (Å²) in [5, 5.41) is 12.5. The van der Waals surface area contributed by atoms with Gasteiger partial charge < -0.3 is 15.4 Å². The highest BCUT2D eigenvalue weighted by atomic mass is 19.1. The van der Waals surface area contributed by atoms with Gasteiger partial charge in [-0.2, -0.15) is 0 Å². The number of benzene rings is 2. The van der Waals surface area contributed by atoms with Crippen molar-refractivity contribution in [1.29, 1.82) is 0 Å². The first-order valence-corrected chi connectivity index (χ1v) is 9.58. The summed E-state index contributed by atoms with van der Waals surface area (Å²) in [5.74, 6) is -2.00. The summed E-state index contributed by atoms with van der Waals surface area (Å²) in [5.41, 5.74) is 1.60. The molecular weight excluding hydrogens is 381 g/mol. The van der Waals surface area contributed by atoms with E-state index in [2.05, 4.69) is 10.3 Å². The number of fused-ring (bicyclic) bond motifs is 1. The Hall–Kier alpha value is -2.80. The molecule has 1 aliphatic carbocycles. The summed E-state index contributed by atoms with van der Waals surface area (Å²) in [7, 11) is 0. The maximum Gasteiger partial charge on any atom is 0.220 e. The fourth-order valence-corrected chi connectivity index (χ4v) is 3.80.